The Balaban J connectivity index is 1.48. The molecule has 0 aliphatic rings. The molecule has 0 saturated heterocycles. The first kappa shape index (κ1) is 22.7. The van der Waals surface area contributed by atoms with Crippen molar-refractivity contribution in [3.8, 4) is 17.1 Å². The molecule has 8 nitrogen and oxygen atoms in total. The van der Waals surface area contributed by atoms with Gasteiger partial charge in [-0.25, -0.2) is 0 Å². The number of halogens is 4. The van der Waals surface area contributed by atoms with E-state index < -0.39 is 22.1 Å². The van der Waals surface area contributed by atoms with Gasteiger partial charge in [-0.1, -0.05) is 47.1 Å². The molecule has 0 aliphatic heterocycles. The molecule has 0 unspecified atom stereocenters. The van der Waals surface area contributed by atoms with Gasteiger partial charge < -0.3 is 19.9 Å². The molecule has 0 radical (unpaired) electrons. The summed E-state index contributed by atoms with van der Waals surface area (Å²) in [5, 5.41) is 5.84. The highest BCUT2D eigenvalue weighted by molar-refractivity contribution is 6.33. The second-order valence-electron chi connectivity index (χ2n) is 6.82. The number of ether oxygens (including phenoxy) is 1. The standard InChI is InChI=1S/C21H14Cl2F2N4O4/c1-32-13-4-2-3-12(22)14(13)27-16-15(17(30)18(16)31)26-9-10-5-7-11(8-6-10)19-28-20(33-29-19)21(23,24)25/h2-8,26-27H,9H2,1H3. The molecule has 0 atom stereocenters. The van der Waals surface area contributed by atoms with Crippen LogP contribution in [0.3, 0.4) is 0 Å². The van der Waals surface area contributed by atoms with E-state index in [0.717, 1.165) is 5.56 Å². The minimum atomic E-state index is -3.75. The molecule has 0 aliphatic carbocycles. The number of nitrogens with zero attached hydrogens (tertiary/aromatic N) is 2. The summed E-state index contributed by atoms with van der Waals surface area (Å²) in [6.07, 6.45) is 0. The lowest BCUT2D eigenvalue weighted by Crippen LogP contribution is -2.36. The van der Waals surface area contributed by atoms with Crippen LogP contribution in [0.2, 0.25) is 5.02 Å². The summed E-state index contributed by atoms with van der Waals surface area (Å²) in [6.45, 7) is 0.205. The summed E-state index contributed by atoms with van der Waals surface area (Å²) in [5.41, 5.74) is 0.363. The number of hydrogen-bond donors (Lipinski definition) is 2. The molecule has 4 aromatic rings. The Labute approximate surface area is 194 Å². The Bertz CT molecular complexity index is 1380. The molecule has 4 rings (SSSR count). The zero-order chi connectivity index (χ0) is 23.8. The Hall–Kier alpha value is -3.50. The van der Waals surface area contributed by atoms with E-state index in [4.69, 9.17) is 27.9 Å². The van der Waals surface area contributed by atoms with Gasteiger partial charge in [0.05, 0.1) is 12.1 Å². The first-order valence-corrected chi connectivity index (χ1v) is 10.1. The number of methoxy groups -OCH3 is 1. The second kappa shape index (κ2) is 8.80. The highest BCUT2D eigenvalue weighted by atomic mass is 35.5. The highest BCUT2D eigenvalue weighted by Gasteiger charge is 2.35. The number of benzene rings is 2. The summed E-state index contributed by atoms with van der Waals surface area (Å²) in [6, 6.07) is 11.5. The van der Waals surface area contributed by atoms with Crippen LogP contribution in [0.5, 0.6) is 5.75 Å². The fraction of sp³-hybridized carbons (Fsp3) is 0.143. The van der Waals surface area contributed by atoms with Crippen molar-refractivity contribution in [3.05, 3.63) is 79.4 Å². The second-order valence-corrected chi connectivity index (χ2v) is 7.70. The van der Waals surface area contributed by atoms with E-state index in [1.807, 2.05) is 0 Å². The number of rotatable bonds is 8. The molecule has 0 fully saturated rings. The zero-order valence-corrected chi connectivity index (χ0v) is 18.3. The van der Waals surface area contributed by atoms with E-state index >= 15 is 0 Å². The van der Waals surface area contributed by atoms with E-state index in [0.29, 0.717) is 22.0 Å². The van der Waals surface area contributed by atoms with E-state index in [2.05, 4.69) is 25.3 Å². The Kier molecular flexibility index (Phi) is 6.05. The quantitative estimate of drug-likeness (QED) is 0.269. The first-order chi connectivity index (χ1) is 15.7. The molecule has 1 aromatic heterocycles. The molecule has 3 aromatic carbocycles. The smallest absolute Gasteiger partial charge is 0.400 e. The van der Waals surface area contributed by atoms with Crippen molar-refractivity contribution in [2.45, 2.75) is 11.9 Å². The van der Waals surface area contributed by atoms with Crippen molar-refractivity contribution in [2.75, 3.05) is 17.7 Å². The zero-order valence-electron chi connectivity index (χ0n) is 16.8. The number of anilines is 3. The number of alkyl halides is 3. The van der Waals surface area contributed by atoms with E-state index in [9.17, 15) is 18.4 Å². The number of nitrogens with one attached hydrogen (secondary N) is 2. The minimum Gasteiger partial charge on any atom is -0.495 e. The van der Waals surface area contributed by atoms with Crippen LogP contribution in [0.1, 0.15) is 11.5 Å². The van der Waals surface area contributed by atoms with Crippen LogP contribution < -0.4 is 26.2 Å². The molecule has 1 heterocycles. The van der Waals surface area contributed by atoms with Gasteiger partial charge in [0.15, 0.2) is 0 Å². The van der Waals surface area contributed by atoms with Crippen LogP contribution in [-0.4, -0.2) is 17.3 Å². The molecule has 0 spiro atoms. The fourth-order valence-corrected chi connectivity index (χ4v) is 3.31. The number of hydrogen-bond acceptors (Lipinski definition) is 8. The molecule has 2 N–H and O–H groups in total. The van der Waals surface area contributed by atoms with E-state index in [1.165, 1.54) is 7.11 Å². The molecular weight excluding hydrogens is 481 g/mol. The molecule has 33 heavy (non-hydrogen) atoms. The Morgan fingerprint density at radius 2 is 1.76 bits per heavy atom. The minimum absolute atomic E-state index is 0.0486. The van der Waals surface area contributed by atoms with E-state index in [-0.39, 0.29) is 23.7 Å². The topological polar surface area (TPSA) is 106 Å². The Morgan fingerprint density at radius 3 is 2.39 bits per heavy atom. The van der Waals surface area contributed by atoms with Crippen LogP contribution in [0.15, 0.2) is 56.6 Å². The van der Waals surface area contributed by atoms with Gasteiger partial charge >= 0.3 is 11.3 Å². The van der Waals surface area contributed by atoms with Crippen LogP contribution in [0.25, 0.3) is 11.4 Å². The van der Waals surface area contributed by atoms with Gasteiger partial charge in [0.2, 0.25) is 5.82 Å². The van der Waals surface area contributed by atoms with Gasteiger partial charge in [-0.2, -0.15) is 13.8 Å². The lowest BCUT2D eigenvalue weighted by atomic mass is 10.1. The number of para-hydroxylation sites is 1. The van der Waals surface area contributed by atoms with Crippen molar-refractivity contribution >= 4 is 40.3 Å². The first-order valence-electron chi connectivity index (χ1n) is 9.36. The Morgan fingerprint density at radius 1 is 1.06 bits per heavy atom. The normalized spacial score (nSPS) is 11.5. The summed E-state index contributed by atoms with van der Waals surface area (Å²) in [5.74, 6) is -0.638. The largest absolute Gasteiger partial charge is 0.495 e. The van der Waals surface area contributed by atoms with Crippen molar-refractivity contribution in [1.29, 1.82) is 0 Å². The van der Waals surface area contributed by atoms with Crippen molar-refractivity contribution < 1.29 is 18.0 Å². The lowest BCUT2D eigenvalue weighted by Gasteiger charge is -2.17. The summed E-state index contributed by atoms with van der Waals surface area (Å²) < 4.78 is 35.8. The molecule has 0 amide bonds. The van der Waals surface area contributed by atoms with Gasteiger partial charge in [-0.15, -0.1) is 0 Å². The maximum atomic E-state index is 13.0. The van der Waals surface area contributed by atoms with Gasteiger partial charge in [-0.05, 0) is 29.3 Å². The third kappa shape index (κ3) is 4.53. The summed E-state index contributed by atoms with van der Waals surface area (Å²) in [7, 11) is 1.46. The highest BCUT2D eigenvalue weighted by Crippen LogP contribution is 2.35. The van der Waals surface area contributed by atoms with Crippen LogP contribution >= 0.6 is 23.2 Å². The molecule has 0 bridgehead atoms. The van der Waals surface area contributed by atoms with Gasteiger partial charge in [0.25, 0.3) is 10.9 Å². The van der Waals surface area contributed by atoms with Crippen LogP contribution in [0.4, 0.5) is 25.8 Å². The molecule has 170 valence electrons. The van der Waals surface area contributed by atoms with Gasteiger partial charge in [0, 0.05) is 12.1 Å². The van der Waals surface area contributed by atoms with Crippen molar-refractivity contribution in [2.24, 2.45) is 0 Å². The van der Waals surface area contributed by atoms with Crippen molar-refractivity contribution in [1.82, 2.24) is 10.1 Å². The third-order valence-electron chi connectivity index (χ3n) is 4.71. The summed E-state index contributed by atoms with van der Waals surface area (Å²) in [4.78, 5) is 27.7. The predicted molar refractivity (Wildman–Crippen MR) is 119 cm³/mol. The number of aromatic nitrogens is 2. The van der Waals surface area contributed by atoms with Gasteiger partial charge in [-0.3, -0.25) is 9.59 Å². The van der Waals surface area contributed by atoms with Crippen LogP contribution in [0, 0.1) is 0 Å². The molecule has 12 heteroatoms. The lowest BCUT2D eigenvalue weighted by molar-refractivity contribution is 0.0551. The summed E-state index contributed by atoms with van der Waals surface area (Å²) >= 11 is 11.1. The SMILES string of the molecule is COc1cccc(Cl)c1Nc1c(NCc2ccc(-c3noc(C(F)(F)Cl)n3)cc2)c(=O)c1=O. The monoisotopic (exact) mass is 494 g/mol. The maximum Gasteiger partial charge on any atom is 0.400 e. The fourth-order valence-electron chi connectivity index (χ4n) is 3.02. The maximum absolute atomic E-state index is 13.0. The third-order valence-corrected chi connectivity index (χ3v) is 5.18. The molecule has 0 saturated carbocycles. The van der Waals surface area contributed by atoms with Gasteiger partial charge in [0.1, 0.15) is 22.8 Å². The molecular formula is C21H14Cl2F2N4O4. The van der Waals surface area contributed by atoms with Crippen LogP contribution in [-0.2, 0) is 11.9 Å². The van der Waals surface area contributed by atoms with Crippen molar-refractivity contribution in [3.63, 3.8) is 0 Å². The average molecular weight is 495 g/mol. The predicted octanol–water partition coefficient (Wildman–Crippen LogP) is 4.64. The average Bonchev–Trinajstić information content (AvgIpc) is 3.30. The van der Waals surface area contributed by atoms with E-state index in [1.54, 1.807) is 42.5 Å².